The molecule has 1 rings (SSSR count). The second-order valence-electron chi connectivity index (χ2n) is 4.98. The van der Waals surface area contributed by atoms with Gasteiger partial charge >= 0.3 is 0 Å². The Morgan fingerprint density at radius 1 is 1.42 bits per heavy atom. The third kappa shape index (κ3) is 3.42. The molecule has 0 saturated carbocycles. The summed E-state index contributed by atoms with van der Waals surface area (Å²) in [5.41, 5.74) is 4.89. The number of hydrogen-bond donors (Lipinski definition) is 2. The second kappa shape index (κ2) is 5.84. The Balaban J connectivity index is 3.05. The van der Waals surface area contributed by atoms with Crippen molar-refractivity contribution in [2.45, 2.75) is 26.3 Å². The molecule has 0 aliphatic heterocycles. The van der Waals surface area contributed by atoms with Crippen molar-refractivity contribution < 1.29 is 13.6 Å². The normalized spacial score (nSPS) is 14.3. The van der Waals surface area contributed by atoms with E-state index in [0.717, 1.165) is 12.1 Å². The van der Waals surface area contributed by atoms with Gasteiger partial charge in [0.2, 0.25) is 0 Å². The molecule has 19 heavy (non-hydrogen) atoms. The molecule has 0 saturated heterocycles. The first-order chi connectivity index (χ1) is 8.71. The molecule has 0 fully saturated rings. The molecule has 6 heteroatoms. The molecular weight excluding hydrogens is 274 g/mol. The van der Waals surface area contributed by atoms with Crippen LogP contribution in [0.25, 0.3) is 0 Å². The van der Waals surface area contributed by atoms with Crippen LogP contribution in [0, 0.1) is 17.6 Å². The molecule has 0 heterocycles. The summed E-state index contributed by atoms with van der Waals surface area (Å²) in [5, 5.41) is 2.57. The second-order valence-corrected chi connectivity index (χ2v) is 5.38. The Hall–Kier alpha value is -1.20. The molecule has 106 valence electrons. The first-order valence-electron chi connectivity index (χ1n) is 5.88. The number of benzene rings is 1. The first-order valence-corrected chi connectivity index (χ1v) is 6.26. The minimum absolute atomic E-state index is 0.0746. The number of nitrogens with two attached hydrogens (primary N) is 1. The predicted octanol–water partition coefficient (Wildman–Crippen LogP) is 2.72. The van der Waals surface area contributed by atoms with Gasteiger partial charge in [0.05, 0.1) is 16.1 Å². The van der Waals surface area contributed by atoms with E-state index in [0.29, 0.717) is 0 Å². The summed E-state index contributed by atoms with van der Waals surface area (Å²) in [5.74, 6) is -2.71. The molecule has 3 nitrogen and oxygen atoms in total. The van der Waals surface area contributed by atoms with Crippen LogP contribution >= 0.6 is 11.6 Å². The monoisotopic (exact) mass is 290 g/mol. The van der Waals surface area contributed by atoms with Crippen molar-refractivity contribution in [3.05, 3.63) is 34.4 Å². The third-order valence-electron chi connectivity index (χ3n) is 3.35. The van der Waals surface area contributed by atoms with Gasteiger partial charge in [-0.15, -0.1) is 0 Å². The number of rotatable bonds is 4. The fourth-order valence-corrected chi connectivity index (χ4v) is 1.69. The molecule has 0 aliphatic rings. The van der Waals surface area contributed by atoms with Gasteiger partial charge in [-0.05, 0) is 25.0 Å². The molecule has 1 amide bonds. The summed E-state index contributed by atoms with van der Waals surface area (Å²) in [6.45, 7) is 5.81. The highest BCUT2D eigenvalue weighted by atomic mass is 35.5. The van der Waals surface area contributed by atoms with E-state index in [1.54, 1.807) is 6.92 Å². The molecule has 0 spiro atoms. The number of halogens is 3. The molecule has 0 aliphatic carbocycles. The quantitative estimate of drug-likeness (QED) is 0.838. The molecule has 0 radical (unpaired) electrons. The molecule has 1 aromatic carbocycles. The van der Waals surface area contributed by atoms with Gasteiger partial charge in [-0.25, -0.2) is 8.78 Å². The lowest BCUT2D eigenvalue weighted by Gasteiger charge is -2.33. The molecule has 1 unspecified atom stereocenters. The van der Waals surface area contributed by atoms with Crippen LogP contribution in [0.1, 0.15) is 31.1 Å². The van der Waals surface area contributed by atoms with Gasteiger partial charge in [0, 0.05) is 6.54 Å². The van der Waals surface area contributed by atoms with Crippen LogP contribution in [0.4, 0.5) is 8.78 Å². The van der Waals surface area contributed by atoms with Crippen LogP contribution in [0.15, 0.2) is 12.1 Å². The lowest BCUT2D eigenvalue weighted by atomic mass is 9.88. The summed E-state index contributed by atoms with van der Waals surface area (Å²) in [6.07, 6.45) is 0. The first kappa shape index (κ1) is 15.9. The van der Waals surface area contributed by atoms with Crippen molar-refractivity contribution in [3.63, 3.8) is 0 Å². The summed E-state index contributed by atoms with van der Waals surface area (Å²) in [4.78, 5) is 12.1. The SMILES string of the molecule is CC(C)C(C)(CN)NC(=O)c1cc(F)c(F)cc1Cl. The number of carbonyl (C=O) groups excluding carboxylic acids is 1. The van der Waals surface area contributed by atoms with Gasteiger partial charge < -0.3 is 11.1 Å². The number of nitrogens with one attached hydrogen (secondary N) is 1. The van der Waals surface area contributed by atoms with Gasteiger partial charge in [0.15, 0.2) is 11.6 Å². The molecule has 0 aromatic heterocycles. The minimum Gasteiger partial charge on any atom is -0.345 e. The van der Waals surface area contributed by atoms with Crippen molar-refractivity contribution in [2.75, 3.05) is 6.54 Å². The maximum atomic E-state index is 13.2. The fourth-order valence-electron chi connectivity index (χ4n) is 1.45. The van der Waals surface area contributed by atoms with E-state index in [4.69, 9.17) is 17.3 Å². The Labute approximate surface area is 116 Å². The van der Waals surface area contributed by atoms with E-state index in [9.17, 15) is 13.6 Å². The van der Waals surface area contributed by atoms with Gasteiger partial charge in [-0.3, -0.25) is 4.79 Å². The van der Waals surface area contributed by atoms with Crippen molar-refractivity contribution in [3.8, 4) is 0 Å². The molecule has 1 atom stereocenters. The van der Waals surface area contributed by atoms with Crippen LogP contribution in [0.5, 0.6) is 0 Å². The summed E-state index contributed by atoms with van der Waals surface area (Å²) in [6, 6.07) is 1.56. The van der Waals surface area contributed by atoms with Gasteiger partial charge in [0.1, 0.15) is 0 Å². The maximum Gasteiger partial charge on any atom is 0.253 e. The predicted molar refractivity (Wildman–Crippen MR) is 71.1 cm³/mol. The highest BCUT2D eigenvalue weighted by Crippen LogP contribution is 2.22. The van der Waals surface area contributed by atoms with Crippen molar-refractivity contribution in [1.82, 2.24) is 5.32 Å². The Morgan fingerprint density at radius 2 is 1.95 bits per heavy atom. The molecule has 3 N–H and O–H groups in total. The lowest BCUT2D eigenvalue weighted by Crippen LogP contribution is -2.55. The van der Waals surface area contributed by atoms with Crippen LogP contribution in [0.2, 0.25) is 5.02 Å². The lowest BCUT2D eigenvalue weighted by molar-refractivity contribution is 0.0883. The third-order valence-corrected chi connectivity index (χ3v) is 3.66. The average molecular weight is 291 g/mol. The molecule has 1 aromatic rings. The standard InChI is InChI=1S/C13H17ClF2N2O/c1-7(2)13(3,6-17)18-12(19)8-4-10(15)11(16)5-9(8)14/h4-5,7H,6,17H2,1-3H3,(H,18,19). The Morgan fingerprint density at radius 3 is 2.42 bits per heavy atom. The van der Waals surface area contributed by atoms with Crippen LogP contribution in [-0.2, 0) is 0 Å². The summed E-state index contributed by atoms with van der Waals surface area (Å²) in [7, 11) is 0. The largest absolute Gasteiger partial charge is 0.345 e. The van der Waals surface area contributed by atoms with Gasteiger partial charge in [-0.2, -0.15) is 0 Å². The number of hydrogen-bond acceptors (Lipinski definition) is 2. The van der Waals surface area contributed by atoms with Crippen molar-refractivity contribution >= 4 is 17.5 Å². The van der Waals surface area contributed by atoms with E-state index >= 15 is 0 Å². The van der Waals surface area contributed by atoms with E-state index in [-0.39, 0.29) is 23.0 Å². The van der Waals surface area contributed by atoms with Crippen LogP contribution < -0.4 is 11.1 Å². The zero-order valence-corrected chi connectivity index (χ0v) is 11.8. The summed E-state index contributed by atoms with van der Waals surface area (Å²) >= 11 is 5.75. The van der Waals surface area contributed by atoms with E-state index in [2.05, 4.69) is 5.32 Å². The van der Waals surface area contributed by atoms with Crippen LogP contribution in [-0.4, -0.2) is 18.0 Å². The fraction of sp³-hybridized carbons (Fsp3) is 0.462. The number of carbonyl (C=O) groups is 1. The summed E-state index contributed by atoms with van der Waals surface area (Å²) < 4.78 is 26.1. The maximum absolute atomic E-state index is 13.2. The highest BCUT2D eigenvalue weighted by Gasteiger charge is 2.29. The topological polar surface area (TPSA) is 55.1 Å². The Bertz CT molecular complexity index is 494. The highest BCUT2D eigenvalue weighted by molar-refractivity contribution is 6.33. The van der Waals surface area contributed by atoms with E-state index < -0.39 is 23.1 Å². The minimum atomic E-state index is -1.12. The van der Waals surface area contributed by atoms with Crippen LogP contribution in [0.3, 0.4) is 0 Å². The van der Waals surface area contributed by atoms with Crippen molar-refractivity contribution in [1.29, 1.82) is 0 Å². The number of amides is 1. The zero-order valence-electron chi connectivity index (χ0n) is 11.1. The van der Waals surface area contributed by atoms with E-state index in [1.165, 1.54) is 0 Å². The zero-order chi connectivity index (χ0) is 14.8. The van der Waals surface area contributed by atoms with Gasteiger partial charge in [0.25, 0.3) is 5.91 Å². The smallest absolute Gasteiger partial charge is 0.253 e. The average Bonchev–Trinajstić information content (AvgIpc) is 2.33. The van der Waals surface area contributed by atoms with Crippen molar-refractivity contribution in [2.24, 2.45) is 11.7 Å². The van der Waals surface area contributed by atoms with E-state index in [1.807, 2.05) is 13.8 Å². The van der Waals surface area contributed by atoms with Gasteiger partial charge in [-0.1, -0.05) is 25.4 Å². The Kier molecular flexibility index (Phi) is 4.87. The molecular formula is C13H17ClF2N2O. The molecule has 0 bridgehead atoms.